The van der Waals surface area contributed by atoms with E-state index in [-0.39, 0.29) is 11.6 Å². The third kappa shape index (κ3) is 7.95. The molecule has 4 aromatic rings. The number of esters is 2. The summed E-state index contributed by atoms with van der Waals surface area (Å²) in [7, 11) is 0. The molecule has 0 spiro atoms. The molecule has 1 N–H and O–H groups in total. The smallest absolute Gasteiger partial charge is 0.385 e. The van der Waals surface area contributed by atoms with E-state index in [4.69, 9.17) is 9.72 Å². The van der Waals surface area contributed by atoms with Crippen molar-refractivity contribution in [1.82, 2.24) is 4.98 Å². The van der Waals surface area contributed by atoms with Crippen LogP contribution in [0.1, 0.15) is 29.9 Å². The van der Waals surface area contributed by atoms with Crippen LogP contribution in [-0.2, 0) is 19.1 Å². The average molecular weight is 670 g/mol. The first-order valence-electron chi connectivity index (χ1n) is 14.2. The van der Waals surface area contributed by atoms with Gasteiger partial charge < -0.3 is 19.7 Å². The zero-order valence-corrected chi connectivity index (χ0v) is 26.8. The van der Waals surface area contributed by atoms with E-state index in [2.05, 4.69) is 15.0 Å². The van der Waals surface area contributed by atoms with Crippen LogP contribution >= 0.6 is 23.1 Å². The first-order chi connectivity index (χ1) is 21.8. The number of alkyl halides is 3. The number of thioether (sulfide) groups is 1. The Kier molecular flexibility index (Phi) is 9.85. The summed E-state index contributed by atoms with van der Waals surface area (Å²) in [5.41, 5.74) is 4.55. The van der Waals surface area contributed by atoms with Crippen LogP contribution in [-0.4, -0.2) is 60.1 Å². The van der Waals surface area contributed by atoms with Crippen LogP contribution in [0.4, 0.5) is 24.5 Å². The van der Waals surface area contributed by atoms with Gasteiger partial charge in [0, 0.05) is 34.9 Å². The molecule has 0 atom stereocenters. The number of benzene rings is 3. The Morgan fingerprint density at radius 2 is 1.50 bits per heavy atom. The number of aromatic nitrogens is 1. The Bertz CT molecular complexity index is 1720. The van der Waals surface area contributed by atoms with Gasteiger partial charge >= 0.3 is 18.1 Å². The van der Waals surface area contributed by atoms with Gasteiger partial charge in [0.15, 0.2) is 0 Å². The normalized spacial score (nSPS) is 13.7. The summed E-state index contributed by atoms with van der Waals surface area (Å²) >= 11 is 2.30. The highest BCUT2D eigenvalue weighted by Gasteiger charge is 2.45. The minimum atomic E-state index is -5.27. The van der Waals surface area contributed by atoms with Crippen LogP contribution < -0.4 is 10.2 Å². The van der Waals surface area contributed by atoms with Gasteiger partial charge in [0.2, 0.25) is 0 Å². The molecule has 240 valence electrons. The van der Waals surface area contributed by atoms with E-state index in [1.807, 2.05) is 55.5 Å². The number of carbonyl (C=O) groups excluding carboxylic acids is 3. The fourth-order valence-electron chi connectivity index (χ4n) is 4.53. The number of nitrogens with one attached hydrogen (secondary N) is 1. The molecule has 3 aromatic carbocycles. The Morgan fingerprint density at radius 1 is 0.891 bits per heavy atom. The molecule has 1 aliphatic rings. The lowest BCUT2D eigenvalue weighted by Gasteiger charge is -2.28. The maximum Gasteiger partial charge on any atom is 0.491 e. The van der Waals surface area contributed by atoms with Crippen molar-refractivity contribution in [2.24, 2.45) is 0 Å². The van der Waals surface area contributed by atoms with Crippen molar-refractivity contribution in [2.45, 2.75) is 36.6 Å². The topological polar surface area (TPSA) is 97.8 Å². The third-order valence-electron chi connectivity index (χ3n) is 7.04. The van der Waals surface area contributed by atoms with Gasteiger partial charge in [0.05, 0.1) is 18.1 Å². The highest BCUT2D eigenvalue weighted by Crippen LogP contribution is 2.39. The molecular formula is C33H30F3N3O5S2. The lowest BCUT2D eigenvalue weighted by atomic mass is 10.1. The molecule has 8 nitrogen and oxygen atoms in total. The van der Waals surface area contributed by atoms with E-state index in [0.29, 0.717) is 39.2 Å². The fourth-order valence-corrected chi connectivity index (χ4v) is 6.59. The highest BCUT2D eigenvalue weighted by molar-refractivity contribution is 8.01. The number of aryl methyl sites for hydroxylation is 1. The number of carbonyl (C=O) groups is 3. The summed E-state index contributed by atoms with van der Waals surface area (Å²) in [5.74, 6) is -4.23. The van der Waals surface area contributed by atoms with E-state index >= 15 is 0 Å². The molecule has 13 heteroatoms. The van der Waals surface area contributed by atoms with Gasteiger partial charge in [-0.15, -0.1) is 23.1 Å². The van der Waals surface area contributed by atoms with Crippen LogP contribution in [0.15, 0.2) is 77.7 Å². The van der Waals surface area contributed by atoms with E-state index in [1.54, 1.807) is 24.3 Å². The van der Waals surface area contributed by atoms with Gasteiger partial charge in [-0.05, 0) is 62.7 Å². The molecule has 1 saturated heterocycles. The number of rotatable bonds is 8. The second-order valence-corrected chi connectivity index (χ2v) is 13.7. The van der Waals surface area contributed by atoms with Gasteiger partial charge in [0.25, 0.3) is 5.91 Å². The zero-order valence-electron chi connectivity index (χ0n) is 25.1. The van der Waals surface area contributed by atoms with Crippen LogP contribution in [0, 0.1) is 6.92 Å². The molecule has 5 rings (SSSR count). The predicted molar refractivity (Wildman–Crippen MR) is 172 cm³/mol. The number of morpholine rings is 1. The zero-order chi connectivity index (χ0) is 33.1. The minimum absolute atomic E-state index is 0.262. The van der Waals surface area contributed by atoms with E-state index < -0.39 is 22.9 Å². The van der Waals surface area contributed by atoms with Gasteiger partial charge in [-0.1, -0.05) is 42.0 Å². The molecule has 0 bridgehead atoms. The van der Waals surface area contributed by atoms with E-state index in [1.165, 1.54) is 25.2 Å². The van der Waals surface area contributed by atoms with E-state index in [9.17, 15) is 27.6 Å². The third-order valence-corrected chi connectivity index (χ3v) is 9.38. The quantitative estimate of drug-likeness (QED) is 0.118. The Labute approximate surface area is 271 Å². The first kappa shape index (κ1) is 33.2. The standard InChI is InChI=1S/C33H30F3N3O5S2/c1-20-4-6-21(7-5-20)27-26(28(40)37-23-10-12-24(13-11-23)39-16-18-43-19-17-39)38-29(45-27)22-8-14-25(15-9-22)46-32(2,3)30(41)44-31(42)33(34,35)36/h4-15H,16-19H2,1-3H3,(H,37,40). The lowest BCUT2D eigenvalue weighted by Crippen LogP contribution is -2.36. The molecular weight excluding hydrogens is 640 g/mol. The van der Waals surface area contributed by atoms with E-state index in [0.717, 1.165) is 41.7 Å². The molecule has 46 heavy (non-hydrogen) atoms. The molecule has 1 amide bonds. The van der Waals surface area contributed by atoms with Gasteiger partial charge in [-0.25, -0.2) is 9.78 Å². The fraction of sp³-hybridized carbons (Fsp3) is 0.273. The van der Waals surface area contributed by atoms with Gasteiger partial charge in [-0.3, -0.25) is 9.59 Å². The Balaban J connectivity index is 1.35. The molecule has 0 radical (unpaired) electrons. The Morgan fingerprint density at radius 3 is 2.11 bits per heavy atom. The SMILES string of the molecule is Cc1ccc(-c2sc(-c3ccc(SC(C)(C)C(=O)OC(=O)C(F)(F)F)cc3)nc2C(=O)Nc2ccc(N3CCOCC3)cc2)cc1. The number of nitrogens with zero attached hydrogens (tertiary/aromatic N) is 2. The number of hydrogen-bond acceptors (Lipinski definition) is 9. The number of amides is 1. The van der Waals surface area contributed by atoms with Crippen molar-refractivity contribution < 1.29 is 37.0 Å². The maximum atomic E-state index is 13.6. The van der Waals surface area contributed by atoms with Crippen molar-refractivity contribution >= 4 is 52.3 Å². The van der Waals surface area contributed by atoms with Crippen molar-refractivity contribution in [3.05, 3.63) is 84.1 Å². The van der Waals surface area contributed by atoms with Crippen molar-refractivity contribution in [1.29, 1.82) is 0 Å². The van der Waals surface area contributed by atoms with Gasteiger partial charge in [0.1, 0.15) is 15.4 Å². The summed E-state index contributed by atoms with van der Waals surface area (Å²) in [6.45, 7) is 7.67. The highest BCUT2D eigenvalue weighted by atomic mass is 32.2. The van der Waals surface area contributed by atoms with Gasteiger partial charge in [-0.2, -0.15) is 13.2 Å². The minimum Gasteiger partial charge on any atom is -0.385 e. The molecule has 1 aromatic heterocycles. The first-order valence-corrected chi connectivity index (χ1v) is 15.9. The summed E-state index contributed by atoms with van der Waals surface area (Å²) in [6, 6.07) is 22.3. The van der Waals surface area contributed by atoms with Crippen LogP contribution in [0.3, 0.4) is 0 Å². The van der Waals surface area contributed by atoms with Crippen LogP contribution in [0.2, 0.25) is 0 Å². The summed E-state index contributed by atoms with van der Waals surface area (Å²) in [5, 5.41) is 3.54. The van der Waals surface area contributed by atoms with Crippen molar-refractivity contribution in [3.63, 3.8) is 0 Å². The molecule has 1 fully saturated rings. The summed E-state index contributed by atoms with van der Waals surface area (Å²) < 4.78 is 45.6. The summed E-state index contributed by atoms with van der Waals surface area (Å²) in [4.78, 5) is 45.2. The number of hydrogen-bond donors (Lipinski definition) is 1. The van der Waals surface area contributed by atoms with Crippen molar-refractivity contribution in [3.8, 4) is 21.0 Å². The second-order valence-electron chi connectivity index (χ2n) is 11.0. The monoisotopic (exact) mass is 669 g/mol. The molecule has 0 unspecified atom stereocenters. The molecule has 0 saturated carbocycles. The predicted octanol–water partition coefficient (Wildman–Crippen LogP) is 7.38. The molecule has 0 aliphatic carbocycles. The number of halogens is 3. The van der Waals surface area contributed by atoms with Crippen LogP contribution in [0.5, 0.6) is 0 Å². The number of ether oxygens (including phenoxy) is 2. The number of anilines is 2. The van der Waals surface area contributed by atoms with Crippen molar-refractivity contribution in [2.75, 3.05) is 36.5 Å². The Hall–Kier alpha value is -4.20. The maximum absolute atomic E-state index is 13.6. The number of thiazole rings is 1. The second kappa shape index (κ2) is 13.7. The molecule has 1 aliphatic heterocycles. The average Bonchev–Trinajstić information content (AvgIpc) is 3.48. The lowest BCUT2D eigenvalue weighted by molar-refractivity contribution is -0.202. The summed E-state index contributed by atoms with van der Waals surface area (Å²) in [6.07, 6.45) is -5.27. The largest absolute Gasteiger partial charge is 0.491 e. The molecule has 2 heterocycles. The van der Waals surface area contributed by atoms with Crippen LogP contribution in [0.25, 0.3) is 21.0 Å².